The zero-order valence-electron chi connectivity index (χ0n) is 21.0. The summed E-state index contributed by atoms with van der Waals surface area (Å²) in [6, 6.07) is 9.51. The van der Waals surface area contributed by atoms with Gasteiger partial charge in [0, 0.05) is 59.0 Å². The number of ether oxygens (including phenoxy) is 1. The zero-order valence-corrected chi connectivity index (χ0v) is 23.4. The molecule has 0 radical (unpaired) electrons. The van der Waals surface area contributed by atoms with E-state index in [4.69, 9.17) is 9.73 Å². The summed E-state index contributed by atoms with van der Waals surface area (Å²) in [7, 11) is 1.78. The Morgan fingerprint density at radius 1 is 1.03 bits per heavy atom. The number of piperidine rings is 2. The molecule has 0 unspecified atom stereocenters. The van der Waals surface area contributed by atoms with Crippen LogP contribution < -0.4 is 10.6 Å². The van der Waals surface area contributed by atoms with Crippen molar-refractivity contribution in [1.29, 1.82) is 0 Å². The molecule has 2 heterocycles. The van der Waals surface area contributed by atoms with Gasteiger partial charge in [-0.05, 0) is 70.5 Å². The van der Waals surface area contributed by atoms with Gasteiger partial charge in [-0.15, -0.1) is 24.0 Å². The Labute approximate surface area is 218 Å². The molecular formula is C26H46IN5O. The number of aliphatic imine (C=N–C) groups is 1. The van der Waals surface area contributed by atoms with Crippen molar-refractivity contribution in [3.63, 3.8) is 0 Å². The largest absolute Gasteiger partial charge is 0.385 e. The van der Waals surface area contributed by atoms with Crippen LogP contribution in [-0.2, 0) is 11.3 Å². The second-order valence-electron chi connectivity index (χ2n) is 9.53. The van der Waals surface area contributed by atoms with E-state index in [2.05, 4.69) is 58.5 Å². The third-order valence-corrected chi connectivity index (χ3v) is 6.84. The summed E-state index contributed by atoms with van der Waals surface area (Å²) in [4.78, 5) is 10.1. The number of nitrogens with one attached hydrogen (secondary N) is 2. The van der Waals surface area contributed by atoms with Crippen molar-refractivity contribution < 1.29 is 4.74 Å². The lowest BCUT2D eigenvalue weighted by atomic mass is 9.96. The smallest absolute Gasteiger partial charge is 0.191 e. The quantitative estimate of drug-likeness (QED) is 0.193. The van der Waals surface area contributed by atoms with E-state index in [9.17, 15) is 0 Å². The van der Waals surface area contributed by atoms with E-state index in [1.165, 1.54) is 63.0 Å². The van der Waals surface area contributed by atoms with E-state index in [-0.39, 0.29) is 24.0 Å². The summed E-state index contributed by atoms with van der Waals surface area (Å²) in [5.74, 6) is 1.70. The summed E-state index contributed by atoms with van der Waals surface area (Å²) in [5, 5.41) is 7.17. The fourth-order valence-electron chi connectivity index (χ4n) is 4.75. The first kappa shape index (κ1) is 28.3. The average Bonchev–Trinajstić information content (AvgIpc) is 2.81. The molecule has 6 nitrogen and oxygen atoms in total. The molecule has 0 spiro atoms. The van der Waals surface area contributed by atoms with Crippen LogP contribution in [0.2, 0.25) is 0 Å². The topological polar surface area (TPSA) is 52.1 Å². The normalized spacial score (nSPS) is 19.3. The maximum absolute atomic E-state index is 5.18. The molecule has 0 aromatic heterocycles. The number of halogens is 1. The van der Waals surface area contributed by atoms with Gasteiger partial charge in [0.15, 0.2) is 5.96 Å². The molecule has 33 heavy (non-hydrogen) atoms. The minimum Gasteiger partial charge on any atom is -0.385 e. The van der Waals surface area contributed by atoms with Gasteiger partial charge >= 0.3 is 0 Å². The Bertz CT molecular complexity index is 668. The summed E-state index contributed by atoms with van der Waals surface area (Å²) in [5.41, 5.74) is 2.76. The Hall–Kier alpha value is -0.900. The molecule has 2 fully saturated rings. The van der Waals surface area contributed by atoms with Gasteiger partial charge in [0.1, 0.15) is 0 Å². The summed E-state index contributed by atoms with van der Waals surface area (Å²) in [6.45, 7) is 13.9. The fraction of sp³-hybridized carbons (Fsp3) is 0.731. The summed E-state index contributed by atoms with van der Waals surface area (Å²) < 4.78 is 5.18. The highest BCUT2D eigenvalue weighted by Gasteiger charge is 2.21. The molecule has 0 atom stereocenters. The number of methoxy groups -OCH3 is 1. The van der Waals surface area contributed by atoms with Crippen LogP contribution in [0, 0.1) is 12.8 Å². The maximum atomic E-state index is 5.18. The average molecular weight is 572 g/mol. The van der Waals surface area contributed by atoms with Gasteiger partial charge in [0.05, 0.1) is 0 Å². The van der Waals surface area contributed by atoms with E-state index in [0.29, 0.717) is 12.0 Å². The number of hydrogen-bond donors (Lipinski definition) is 2. The number of guanidine groups is 1. The highest BCUT2D eigenvalue weighted by Crippen LogP contribution is 2.19. The first-order valence-corrected chi connectivity index (χ1v) is 12.7. The Morgan fingerprint density at radius 2 is 1.70 bits per heavy atom. The summed E-state index contributed by atoms with van der Waals surface area (Å²) in [6.07, 6.45) is 6.00. The van der Waals surface area contributed by atoms with Crippen LogP contribution in [0.1, 0.15) is 50.2 Å². The van der Waals surface area contributed by atoms with Crippen LogP contribution in [0.4, 0.5) is 0 Å². The van der Waals surface area contributed by atoms with Crippen molar-refractivity contribution in [3.05, 3.63) is 35.4 Å². The second-order valence-corrected chi connectivity index (χ2v) is 9.53. The Morgan fingerprint density at radius 3 is 2.33 bits per heavy atom. The molecule has 2 aliphatic heterocycles. The molecule has 2 aliphatic rings. The fourth-order valence-corrected chi connectivity index (χ4v) is 4.75. The van der Waals surface area contributed by atoms with Crippen molar-refractivity contribution in [2.75, 3.05) is 59.5 Å². The van der Waals surface area contributed by atoms with Gasteiger partial charge in [-0.1, -0.05) is 29.8 Å². The van der Waals surface area contributed by atoms with Crippen LogP contribution in [0.15, 0.2) is 29.3 Å². The van der Waals surface area contributed by atoms with E-state index in [1.807, 2.05) is 0 Å². The van der Waals surface area contributed by atoms with E-state index >= 15 is 0 Å². The van der Waals surface area contributed by atoms with Gasteiger partial charge < -0.3 is 20.3 Å². The van der Waals surface area contributed by atoms with E-state index in [1.54, 1.807) is 7.11 Å². The number of nitrogens with zero attached hydrogens (tertiary/aromatic N) is 3. The maximum Gasteiger partial charge on any atom is 0.191 e. The van der Waals surface area contributed by atoms with Crippen LogP contribution in [0.3, 0.4) is 0 Å². The summed E-state index contributed by atoms with van der Waals surface area (Å²) >= 11 is 0. The first-order chi connectivity index (χ1) is 15.7. The van der Waals surface area contributed by atoms with Crippen LogP contribution in [-0.4, -0.2) is 81.3 Å². The lowest BCUT2D eigenvalue weighted by molar-refractivity contribution is 0.155. The molecule has 0 amide bonds. The minimum absolute atomic E-state index is 0. The molecule has 2 saturated heterocycles. The SMILES string of the molecule is CCNC(=NCC1CCN(Cc2ccc(C)cc2)CC1)NC1CCN(CCCOC)CC1.I. The third kappa shape index (κ3) is 10.5. The number of rotatable bonds is 10. The van der Waals surface area contributed by atoms with Gasteiger partial charge in [0.2, 0.25) is 0 Å². The van der Waals surface area contributed by atoms with Crippen molar-refractivity contribution in [2.45, 2.75) is 58.5 Å². The van der Waals surface area contributed by atoms with Crippen molar-refractivity contribution in [2.24, 2.45) is 10.9 Å². The molecule has 7 heteroatoms. The second kappa shape index (κ2) is 15.9. The van der Waals surface area contributed by atoms with E-state index in [0.717, 1.165) is 45.2 Å². The predicted octanol–water partition coefficient (Wildman–Crippen LogP) is 3.88. The molecule has 0 bridgehead atoms. The van der Waals surface area contributed by atoms with Crippen molar-refractivity contribution in [3.8, 4) is 0 Å². The van der Waals surface area contributed by atoms with Gasteiger partial charge in [-0.2, -0.15) is 0 Å². The number of hydrogen-bond acceptors (Lipinski definition) is 4. The first-order valence-electron chi connectivity index (χ1n) is 12.7. The van der Waals surface area contributed by atoms with Gasteiger partial charge in [0.25, 0.3) is 0 Å². The molecule has 1 aromatic rings. The lowest BCUT2D eigenvalue weighted by Crippen LogP contribution is -2.49. The van der Waals surface area contributed by atoms with Crippen LogP contribution in [0.25, 0.3) is 0 Å². The molecule has 2 N–H and O–H groups in total. The molecule has 0 saturated carbocycles. The molecular weight excluding hydrogens is 525 g/mol. The highest BCUT2D eigenvalue weighted by atomic mass is 127. The van der Waals surface area contributed by atoms with Crippen molar-refractivity contribution >= 4 is 29.9 Å². The zero-order chi connectivity index (χ0) is 22.6. The molecule has 188 valence electrons. The van der Waals surface area contributed by atoms with Crippen LogP contribution in [0.5, 0.6) is 0 Å². The van der Waals surface area contributed by atoms with Gasteiger partial charge in [-0.25, -0.2) is 0 Å². The van der Waals surface area contributed by atoms with Crippen LogP contribution >= 0.6 is 24.0 Å². The standard InChI is InChI=1S/C26H45N5O.HI/c1-4-27-26(29-25-12-17-30(18-13-25)14-5-19-32-3)28-20-23-10-15-31(16-11-23)21-24-8-6-22(2)7-9-24;/h6-9,23,25H,4-5,10-21H2,1-3H3,(H2,27,28,29);1H. The van der Waals surface area contributed by atoms with E-state index < -0.39 is 0 Å². The number of aryl methyl sites for hydroxylation is 1. The molecule has 1 aromatic carbocycles. The van der Waals surface area contributed by atoms with Crippen molar-refractivity contribution in [1.82, 2.24) is 20.4 Å². The highest BCUT2D eigenvalue weighted by molar-refractivity contribution is 14.0. The Balaban J connectivity index is 0.00000385. The van der Waals surface area contributed by atoms with Gasteiger partial charge in [-0.3, -0.25) is 9.89 Å². The number of benzene rings is 1. The number of likely N-dealkylation sites (tertiary alicyclic amines) is 2. The predicted molar refractivity (Wildman–Crippen MR) is 150 cm³/mol. The third-order valence-electron chi connectivity index (χ3n) is 6.84. The monoisotopic (exact) mass is 571 g/mol. The molecule has 0 aliphatic carbocycles. The molecule has 3 rings (SSSR count). The lowest BCUT2D eigenvalue weighted by Gasteiger charge is -2.33. The Kier molecular flexibility index (Phi) is 13.7. The minimum atomic E-state index is 0.